The molecule has 1 aromatic heterocycles. The van der Waals surface area contributed by atoms with Crippen molar-refractivity contribution < 1.29 is 4.79 Å². The first-order valence-corrected chi connectivity index (χ1v) is 4.87. The zero-order valence-corrected chi connectivity index (χ0v) is 8.88. The zero-order valence-electron chi connectivity index (χ0n) is 8.12. The van der Waals surface area contributed by atoms with Crippen LogP contribution in [-0.4, -0.2) is 10.9 Å². The van der Waals surface area contributed by atoms with E-state index in [-0.39, 0.29) is 5.91 Å². The number of nitrogens with zero attached hydrogens (tertiary/aromatic N) is 1. The molecule has 1 heterocycles. The molecule has 0 bridgehead atoms. The number of aromatic nitrogens is 1. The molecule has 0 aliphatic carbocycles. The fourth-order valence-electron chi connectivity index (χ4n) is 1.44. The Bertz CT molecular complexity index is 525. The molecule has 0 radical (unpaired) electrons. The number of halogens is 1. The molecule has 0 aliphatic heterocycles. The molecular weight excluding hydrogens is 212 g/mol. The third kappa shape index (κ3) is 1.92. The maximum atomic E-state index is 11.0. The summed E-state index contributed by atoms with van der Waals surface area (Å²) in [5, 5.41) is 4.17. The van der Waals surface area contributed by atoms with Crippen LogP contribution in [0, 0.1) is 0 Å². The lowest BCUT2D eigenvalue weighted by Crippen LogP contribution is -2.06. The Labute approximate surface area is 92.1 Å². The van der Waals surface area contributed by atoms with Gasteiger partial charge in [-0.05, 0) is 24.3 Å². The highest BCUT2D eigenvalue weighted by Crippen LogP contribution is 2.27. The van der Waals surface area contributed by atoms with E-state index in [9.17, 15) is 4.79 Å². The number of hydrogen-bond acceptors (Lipinski definition) is 2. The summed E-state index contributed by atoms with van der Waals surface area (Å²) in [4.78, 5) is 15.1. The van der Waals surface area contributed by atoms with Gasteiger partial charge in [0.1, 0.15) is 0 Å². The zero-order chi connectivity index (χ0) is 10.8. The summed E-state index contributed by atoms with van der Waals surface area (Å²) in [6.07, 6.45) is 1.67. The van der Waals surface area contributed by atoms with Crippen LogP contribution in [0.5, 0.6) is 0 Å². The summed E-state index contributed by atoms with van der Waals surface area (Å²) in [5.41, 5.74) is 1.43. The highest BCUT2D eigenvalue weighted by atomic mass is 35.5. The molecule has 0 aliphatic rings. The fourth-order valence-corrected chi connectivity index (χ4v) is 1.65. The smallest absolute Gasteiger partial charge is 0.221 e. The SMILES string of the molecule is CC(=O)Nc1ccc(Cl)c2ncccc12. The Morgan fingerprint density at radius 2 is 2.20 bits per heavy atom. The van der Waals surface area contributed by atoms with Crippen LogP contribution >= 0.6 is 11.6 Å². The first-order chi connectivity index (χ1) is 7.18. The van der Waals surface area contributed by atoms with Gasteiger partial charge in [-0.2, -0.15) is 0 Å². The molecule has 2 rings (SSSR count). The summed E-state index contributed by atoms with van der Waals surface area (Å²) >= 11 is 5.99. The van der Waals surface area contributed by atoms with Gasteiger partial charge >= 0.3 is 0 Å². The molecule has 4 heteroatoms. The van der Waals surface area contributed by atoms with Gasteiger partial charge in [-0.3, -0.25) is 9.78 Å². The lowest BCUT2D eigenvalue weighted by molar-refractivity contribution is -0.114. The van der Waals surface area contributed by atoms with Gasteiger partial charge in [0.2, 0.25) is 5.91 Å². The maximum absolute atomic E-state index is 11.0. The number of nitrogens with one attached hydrogen (secondary N) is 1. The van der Waals surface area contributed by atoms with E-state index in [2.05, 4.69) is 10.3 Å². The number of carbonyl (C=O) groups is 1. The number of anilines is 1. The minimum absolute atomic E-state index is 0.109. The second kappa shape index (κ2) is 3.87. The van der Waals surface area contributed by atoms with Crippen LogP contribution in [0.1, 0.15) is 6.92 Å². The van der Waals surface area contributed by atoms with Crippen molar-refractivity contribution in [2.75, 3.05) is 5.32 Å². The molecule has 1 aromatic carbocycles. The monoisotopic (exact) mass is 220 g/mol. The first kappa shape index (κ1) is 9.93. The molecule has 1 N–H and O–H groups in total. The van der Waals surface area contributed by atoms with Crippen LogP contribution in [0.15, 0.2) is 30.5 Å². The number of rotatable bonds is 1. The van der Waals surface area contributed by atoms with Crippen molar-refractivity contribution in [3.05, 3.63) is 35.5 Å². The highest BCUT2D eigenvalue weighted by molar-refractivity contribution is 6.35. The van der Waals surface area contributed by atoms with Crippen molar-refractivity contribution in [1.82, 2.24) is 4.98 Å². The molecule has 0 unspecified atom stereocenters. The number of hydrogen-bond donors (Lipinski definition) is 1. The van der Waals surface area contributed by atoms with Crippen LogP contribution in [0.3, 0.4) is 0 Å². The minimum atomic E-state index is -0.109. The molecule has 0 atom stereocenters. The number of amides is 1. The standard InChI is InChI=1S/C11H9ClN2O/c1-7(15)14-10-5-4-9(12)11-8(10)3-2-6-13-11/h2-6H,1H3,(H,14,15). The van der Waals surface area contributed by atoms with Crippen molar-refractivity contribution in [2.45, 2.75) is 6.92 Å². The lowest BCUT2D eigenvalue weighted by Gasteiger charge is -2.07. The van der Waals surface area contributed by atoms with Crippen LogP contribution in [0.4, 0.5) is 5.69 Å². The summed E-state index contributed by atoms with van der Waals surface area (Å²) in [7, 11) is 0. The van der Waals surface area contributed by atoms with Crippen LogP contribution in [0.2, 0.25) is 5.02 Å². The van der Waals surface area contributed by atoms with E-state index in [0.29, 0.717) is 10.5 Å². The predicted molar refractivity (Wildman–Crippen MR) is 61.1 cm³/mol. The Morgan fingerprint density at radius 1 is 1.40 bits per heavy atom. The molecule has 0 saturated carbocycles. The molecule has 0 spiro atoms. The first-order valence-electron chi connectivity index (χ1n) is 4.49. The van der Waals surface area contributed by atoms with Crippen molar-refractivity contribution in [3.8, 4) is 0 Å². The van der Waals surface area contributed by atoms with Gasteiger partial charge in [-0.25, -0.2) is 0 Å². The lowest BCUT2D eigenvalue weighted by atomic mass is 10.2. The van der Waals surface area contributed by atoms with Crippen LogP contribution in [0.25, 0.3) is 10.9 Å². The predicted octanol–water partition coefficient (Wildman–Crippen LogP) is 2.85. The molecule has 2 aromatic rings. The third-order valence-electron chi connectivity index (χ3n) is 2.03. The molecule has 76 valence electrons. The summed E-state index contributed by atoms with van der Waals surface area (Å²) in [5.74, 6) is -0.109. The highest BCUT2D eigenvalue weighted by Gasteiger charge is 2.05. The van der Waals surface area contributed by atoms with Gasteiger partial charge < -0.3 is 5.32 Å². The molecular formula is C11H9ClN2O. The summed E-state index contributed by atoms with van der Waals surface area (Å²) in [6, 6.07) is 7.18. The number of carbonyl (C=O) groups excluding carboxylic acids is 1. The maximum Gasteiger partial charge on any atom is 0.221 e. The van der Waals surface area contributed by atoms with E-state index in [1.807, 2.05) is 12.1 Å². The van der Waals surface area contributed by atoms with Crippen molar-refractivity contribution in [2.24, 2.45) is 0 Å². The third-order valence-corrected chi connectivity index (χ3v) is 2.34. The molecule has 15 heavy (non-hydrogen) atoms. The molecule has 3 nitrogen and oxygen atoms in total. The largest absolute Gasteiger partial charge is 0.326 e. The van der Waals surface area contributed by atoms with Crippen molar-refractivity contribution in [3.63, 3.8) is 0 Å². The Balaban J connectivity index is 2.66. The molecule has 0 fully saturated rings. The summed E-state index contributed by atoms with van der Waals surface area (Å²) in [6.45, 7) is 1.47. The number of fused-ring (bicyclic) bond motifs is 1. The van der Waals surface area contributed by atoms with Gasteiger partial charge in [0.15, 0.2) is 0 Å². The van der Waals surface area contributed by atoms with Crippen molar-refractivity contribution >= 4 is 34.1 Å². The van der Waals surface area contributed by atoms with E-state index in [4.69, 9.17) is 11.6 Å². The van der Waals surface area contributed by atoms with Crippen LogP contribution < -0.4 is 5.32 Å². The quantitative estimate of drug-likeness (QED) is 0.803. The second-order valence-electron chi connectivity index (χ2n) is 3.18. The van der Waals surface area contributed by atoms with Crippen LogP contribution in [-0.2, 0) is 4.79 Å². The normalized spacial score (nSPS) is 10.3. The Morgan fingerprint density at radius 3 is 2.93 bits per heavy atom. The van der Waals surface area contributed by atoms with Gasteiger partial charge in [0.25, 0.3) is 0 Å². The average Bonchev–Trinajstić information content (AvgIpc) is 2.22. The van der Waals surface area contributed by atoms with E-state index in [1.54, 1.807) is 18.3 Å². The van der Waals surface area contributed by atoms with Gasteiger partial charge in [0.05, 0.1) is 16.2 Å². The topological polar surface area (TPSA) is 42.0 Å². The number of pyridine rings is 1. The van der Waals surface area contributed by atoms with Gasteiger partial charge in [-0.15, -0.1) is 0 Å². The van der Waals surface area contributed by atoms with E-state index in [1.165, 1.54) is 6.92 Å². The van der Waals surface area contributed by atoms with E-state index in [0.717, 1.165) is 11.1 Å². The minimum Gasteiger partial charge on any atom is -0.326 e. The molecule has 0 saturated heterocycles. The summed E-state index contributed by atoms with van der Waals surface area (Å²) < 4.78 is 0. The fraction of sp³-hybridized carbons (Fsp3) is 0.0909. The van der Waals surface area contributed by atoms with E-state index < -0.39 is 0 Å². The van der Waals surface area contributed by atoms with Gasteiger partial charge in [0, 0.05) is 18.5 Å². The van der Waals surface area contributed by atoms with E-state index >= 15 is 0 Å². The van der Waals surface area contributed by atoms with Gasteiger partial charge in [-0.1, -0.05) is 11.6 Å². The Hall–Kier alpha value is -1.61. The Kier molecular flexibility index (Phi) is 2.56. The molecule has 1 amide bonds. The second-order valence-corrected chi connectivity index (χ2v) is 3.58. The average molecular weight is 221 g/mol. The van der Waals surface area contributed by atoms with Crippen molar-refractivity contribution in [1.29, 1.82) is 0 Å². The number of benzene rings is 1.